The first-order chi connectivity index (χ1) is 8.99. The first-order valence-electron chi connectivity index (χ1n) is 6.83. The van der Waals surface area contributed by atoms with Gasteiger partial charge in [0.05, 0.1) is 7.11 Å². The van der Waals surface area contributed by atoms with Crippen LogP contribution in [0.1, 0.15) is 47.5 Å². The molecule has 1 heterocycles. The molecule has 0 bridgehead atoms. The van der Waals surface area contributed by atoms with Crippen LogP contribution in [0.4, 0.5) is 4.79 Å². The van der Waals surface area contributed by atoms with E-state index in [0.29, 0.717) is 6.42 Å². The van der Waals surface area contributed by atoms with E-state index in [9.17, 15) is 9.59 Å². The Labute approximate surface area is 121 Å². The number of likely N-dealkylation sites (N-methyl/N-ethyl adjacent to an activating group) is 1. The van der Waals surface area contributed by atoms with Crippen molar-refractivity contribution in [2.45, 2.75) is 64.6 Å². The number of hydrogen-bond acceptors (Lipinski definition) is 4. The maximum Gasteiger partial charge on any atom is 0.411 e. The fourth-order valence-electron chi connectivity index (χ4n) is 2.38. The minimum Gasteiger partial charge on any atom is -0.444 e. The molecule has 1 rings (SSSR count). The second-order valence-electron chi connectivity index (χ2n) is 6.74. The zero-order valence-electron chi connectivity index (χ0n) is 13.5. The van der Waals surface area contributed by atoms with E-state index in [1.807, 2.05) is 34.6 Å². The number of amides is 2. The van der Waals surface area contributed by atoms with Gasteiger partial charge >= 0.3 is 6.09 Å². The van der Waals surface area contributed by atoms with Crippen LogP contribution in [0.2, 0.25) is 0 Å². The molecule has 0 aromatic carbocycles. The number of rotatable bonds is 2. The highest BCUT2D eigenvalue weighted by atomic mass is 16.7. The Bertz CT molecular complexity index is 387. The summed E-state index contributed by atoms with van der Waals surface area (Å²) in [6.07, 6.45) is 0.904. The molecule has 0 unspecified atom stereocenters. The molecule has 6 nitrogen and oxygen atoms in total. The third kappa shape index (κ3) is 3.62. The van der Waals surface area contributed by atoms with Crippen LogP contribution in [0, 0.1) is 0 Å². The third-order valence-electron chi connectivity index (χ3n) is 3.45. The zero-order valence-corrected chi connectivity index (χ0v) is 13.5. The van der Waals surface area contributed by atoms with Gasteiger partial charge in [-0.25, -0.2) is 9.86 Å². The Morgan fingerprint density at radius 2 is 1.85 bits per heavy atom. The maximum atomic E-state index is 12.4. The van der Waals surface area contributed by atoms with Crippen LogP contribution >= 0.6 is 0 Å². The van der Waals surface area contributed by atoms with Crippen LogP contribution in [0.25, 0.3) is 0 Å². The predicted octanol–water partition coefficient (Wildman–Crippen LogP) is 2.18. The molecular weight excluding hydrogens is 260 g/mol. The largest absolute Gasteiger partial charge is 0.444 e. The van der Waals surface area contributed by atoms with E-state index in [2.05, 4.69) is 0 Å². The van der Waals surface area contributed by atoms with Crippen LogP contribution in [0.15, 0.2) is 0 Å². The Balaban J connectivity index is 2.97. The summed E-state index contributed by atoms with van der Waals surface area (Å²) in [7, 11) is 2.97. The molecule has 1 saturated heterocycles. The molecule has 6 heteroatoms. The zero-order chi connectivity index (χ0) is 15.7. The number of hydrogen-bond donors (Lipinski definition) is 0. The molecule has 0 radical (unpaired) electrons. The molecule has 0 spiro atoms. The molecule has 1 fully saturated rings. The lowest BCUT2D eigenvalue weighted by molar-refractivity contribution is -0.174. The molecule has 2 amide bonds. The predicted molar refractivity (Wildman–Crippen MR) is 75.0 cm³/mol. The van der Waals surface area contributed by atoms with Crippen molar-refractivity contribution in [3.8, 4) is 0 Å². The van der Waals surface area contributed by atoms with Crippen LogP contribution < -0.4 is 0 Å². The third-order valence-corrected chi connectivity index (χ3v) is 3.45. The van der Waals surface area contributed by atoms with Gasteiger partial charge in [0.2, 0.25) is 0 Å². The van der Waals surface area contributed by atoms with Gasteiger partial charge < -0.3 is 4.74 Å². The lowest BCUT2D eigenvalue weighted by Gasteiger charge is -2.37. The molecule has 116 valence electrons. The number of carbonyl (C=O) groups is 2. The fraction of sp³-hybridized carbons (Fsp3) is 0.857. The van der Waals surface area contributed by atoms with Crippen molar-refractivity contribution in [1.29, 1.82) is 0 Å². The average Bonchev–Trinajstić information content (AvgIpc) is 2.60. The normalized spacial score (nSPS) is 21.8. The van der Waals surface area contributed by atoms with Crippen LogP contribution in [-0.2, 0) is 14.4 Å². The molecule has 1 atom stereocenters. The summed E-state index contributed by atoms with van der Waals surface area (Å²) in [5, 5.41) is 1.16. The van der Waals surface area contributed by atoms with Crippen molar-refractivity contribution in [2.75, 3.05) is 14.2 Å². The number of carbonyl (C=O) groups excluding carboxylic acids is 2. The summed E-state index contributed by atoms with van der Waals surface area (Å²) in [4.78, 5) is 31.2. The maximum absolute atomic E-state index is 12.4. The van der Waals surface area contributed by atoms with Gasteiger partial charge in [0.25, 0.3) is 5.91 Å². The highest BCUT2D eigenvalue weighted by Crippen LogP contribution is 2.35. The lowest BCUT2D eigenvalue weighted by Crippen LogP contribution is -2.54. The number of hydroxylamine groups is 2. The molecule has 0 N–H and O–H groups in total. The second-order valence-corrected chi connectivity index (χ2v) is 6.74. The Hall–Kier alpha value is -1.30. The molecule has 0 aromatic rings. The molecule has 0 aromatic heterocycles. The first kappa shape index (κ1) is 16.8. The van der Waals surface area contributed by atoms with Gasteiger partial charge in [0.15, 0.2) is 0 Å². The van der Waals surface area contributed by atoms with Gasteiger partial charge in [0, 0.05) is 12.6 Å². The first-order valence-corrected chi connectivity index (χ1v) is 6.83. The number of nitrogens with zero attached hydrogens (tertiary/aromatic N) is 2. The Kier molecular flexibility index (Phi) is 4.69. The van der Waals surface area contributed by atoms with E-state index in [1.165, 1.54) is 12.0 Å². The number of ether oxygens (including phenoxy) is 1. The summed E-state index contributed by atoms with van der Waals surface area (Å²) in [5.41, 5.74) is -0.992. The SMILES string of the molecule is CON(C)C(=O)[C@@H]1CCC(C)(C)N1C(=O)OC(C)(C)C. The van der Waals surface area contributed by atoms with E-state index in [0.717, 1.165) is 11.5 Å². The smallest absolute Gasteiger partial charge is 0.411 e. The van der Waals surface area contributed by atoms with Crippen LogP contribution in [0.3, 0.4) is 0 Å². The quantitative estimate of drug-likeness (QED) is 0.730. The van der Waals surface area contributed by atoms with Gasteiger partial charge in [0.1, 0.15) is 11.6 Å². The minimum absolute atomic E-state index is 0.232. The molecule has 0 saturated carbocycles. The second kappa shape index (κ2) is 5.60. The van der Waals surface area contributed by atoms with Crippen molar-refractivity contribution in [2.24, 2.45) is 0 Å². The Morgan fingerprint density at radius 1 is 1.30 bits per heavy atom. The summed E-state index contributed by atoms with van der Waals surface area (Å²) >= 11 is 0. The van der Waals surface area contributed by atoms with E-state index < -0.39 is 23.3 Å². The lowest BCUT2D eigenvalue weighted by atomic mass is 10.0. The monoisotopic (exact) mass is 286 g/mol. The van der Waals surface area contributed by atoms with Crippen LogP contribution in [-0.4, -0.2) is 53.3 Å². The van der Waals surface area contributed by atoms with Gasteiger partial charge in [-0.15, -0.1) is 0 Å². The minimum atomic E-state index is -0.587. The summed E-state index contributed by atoms with van der Waals surface area (Å²) in [6.45, 7) is 9.32. The van der Waals surface area contributed by atoms with Gasteiger partial charge in [-0.1, -0.05) is 0 Å². The van der Waals surface area contributed by atoms with Crippen molar-refractivity contribution in [3.63, 3.8) is 0 Å². The summed E-state index contributed by atoms with van der Waals surface area (Å²) in [6, 6.07) is -0.537. The number of likely N-dealkylation sites (tertiary alicyclic amines) is 1. The standard InChI is InChI=1S/C14H26N2O4/c1-13(2,3)20-12(18)16-10(8-9-14(16,4)5)11(17)15(6)19-7/h10H,8-9H2,1-7H3/t10-/m0/s1. The molecule has 0 aliphatic carbocycles. The average molecular weight is 286 g/mol. The van der Waals surface area contributed by atoms with Crippen molar-refractivity contribution in [1.82, 2.24) is 9.96 Å². The van der Waals surface area contributed by atoms with E-state index >= 15 is 0 Å². The highest BCUT2D eigenvalue weighted by molar-refractivity contribution is 5.86. The van der Waals surface area contributed by atoms with Crippen molar-refractivity contribution in [3.05, 3.63) is 0 Å². The topological polar surface area (TPSA) is 59.1 Å². The van der Waals surface area contributed by atoms with E-state index in [-0.39, 0.29) is 5.91 Å². The van der Waals surface area contributed by atoms with Crippen molar-refractivity contribution < 1.29 is 19.2 Å². The van der Waals surface area contributed by atoms with Crippen molar-refractivity contribution >= 4 is 12.0 Å². The van der Waals surface area contributed by atoms with Crippen LogP contribution in [0.5, 0.6) is 0 Å². The molecule has 1 aliphatic rings. The van der Waals surface area contributed by atoms with Gasteiger partial charge in [-0.05, 0) is 47.5 Å². The summed E-state index contributed by atoms with van der Waals surface area (Å²) < 4.78 is 5.43. The molecular formula is C14H26N2O4. The van der Waals surface area contributed by atoms with E-state index in [4.69, 9.17) is 9.57 Å². The molecule has 1 aliphatic heterocycles. The Morgan fingerprint density at radius 3 is 2.30 bits per heavy atom. The fourth-order valence-corrected chi connectivity index (χ4v) is 2.38. The van der Waals surface area contributed by atoms with Gasteiger partial charge in [-0.3, -0.25) is 14.5 Å². The highest BCUT2D eigenvalue weighted by Gasteiger charge is 2.48. The molecule has 20 heavy (non-hydrogen) atoms. The van der Waals surface area contributed by atoms with Gasteiger partial charge in [-0.2, -0.15) is 0 Å². The summed E-state index contributed by atoms with van der Waals surface area (Å²) in [5.74, 6) is -0.232. The van der Waals surface area contributed by atoms with E-state index in [1.54, 1.807) is 7.05 Å².